The molecule has 0 aliphatic rings. The van der Waals surface area contributed by atoms with Gasteiger partial charge in [-0.15, -0.1) is 0 Å². The Morgan fingerprint density at radius 3 is 1.77 bits per heavy atom. The minimum Gasteiger partial charge on any atom is -0.340 e. The Bertz CT molecular complexity index is 949. The van der Waals surface area contributed by atoms with Gasteiger partial charge in [0.15, 0.2) is 17.3 Å². The molecular weight excluding hydrogens is 378 g/mol. The van der Waals surface area contributed by atoms with Crippen molar-refractivity contribution in [1.82, 2.24) is 0 Å². The quantitative estimate of drug-likeness (QED) is 0.369. The number of rotatable bonds is 6. The standard InChI is InChI=1S/C25H29NO4/c1-24(2,3)19-13-18(30-29)14-20(25(4,5)6)23(19)22(28)12-11-21(27)17-9-7-16(15-26)8-10-17/h7-10,13-14,29H,11-12H2,1-6H3. The zero-order chi connectivity index (χ0) is 22.7. The van der Waals surface area contributed by atoms with E-state index in [1.54, 1.807) is 36.4 Å². The van der Waals surface area contributed by atoms with Gasteiger partial charge < -0.3 is 4.89 Å². The summed E-state index contributed by atoms with van der Waals surface area (Å²) in [5, 5.41) is 18.1. The summed E-state index contributed by atoms with van der Waals surface area (Å²) < 4.78 is 0. The number of benzene rings is 2. The van der Waals surface area contributed by atoms with Crippen LogP contribution in [0.5, 0.6) is 5.75 Å². The molecule has 0 bridgehead atoms. The Labute approximate surface area is 178 Å². The van der Waals surface area contributed by atoms with Crippen molar-refractivity contribution in [1.29, 1.82) is 5.26 Å². The zero-order valence-electron chi connectivity index (χ0n) is 18.5. The predicted molar refractivity (Wildman–Crippen MR) is 116 cm³/mol. The van der Waals surface area contributed by atoms with E-state index in [9.17, 15) is 14.8 Å². The van der Waals surface area contributed by atoms with Crippen molar-refractivity contribution >= 4 is 11.6 Å². The average Bonchev–Trinajstić information content (AvgIpc) is 2.69. The molecule has 0 aliphatic carbocycles. The van der Waals surface area contributed by atoms with Crippen LogP contribution in [-0.2, 0) is 10.8 Å². The molecule has 0 unspecified atom stereocenters. The molecule has 0 saturated carbocycles. The molecule has 30 heavy (non-hydrogen) atoms. The molecular formula is C25H29NO4. The van der Waals surface area contributed by atoms with E-state index in [-0.39, 0.29) is 41.0 Å². The second kappa shape index (κ2) is 8.81. The number of hydrogen-bond acceptors (Lipinski definition) is 5. The highest BCUT2D eigenvalue weighted by atomic mass is 17.1. The molecule has 0 spiro atoms. The predicted octanol–water partition coefficient (Wildman–Crippen LogP) is 5.85. The fraction of sp³-hybridized carbons (Fsp3) is 0.400. The molecule has 158 valence electrons. The van der Waals surface area contributed by atoms with Crippen molar-refractivity contribution in [2.24, 2.45) is 0 Å². The van der Waals surface area contributed by atoms with Gasteiger partial charge >= 0.3 is 0 Å². The fourth-order valence-electron chi connectivity index (χ4n) is 3.38. The molecule has 0 aromatic heterocycles. The Hall–Kier alpha value is -2.97. The van der Waals surface area contributed by atoms with E-state index in [0.717, 1.165) is 11.1 Å². The van der Waals surface area contributed by atoms with Crippen molar-refractivity contribution in [2.45, 2.75) is 65.2 Å². The molecule has 2 rings (SSSR count). The van der Waals surface area contributed by atoms with Crippen LogP contribution in [0.3, 0.4) is 0 Å². The summed E-state index contributed by atoms with van der Waals surface area (Å²) in [4.78, 5) is 30.4. The van der Waals surface area contributed by atoms with Gasteiger partial charge in [0.05, 0.1) is 11.6 Å². The van der Waals surface area contributed by atoms with Crippen LogP contribution in [0.15, 0.2) is 36.4 Å². The second-order valence-electron chi connectivity index (χ2n) is 9.52. The number of hydrogen-bond donors (Lipinski definition) is 1. The summed E-state index contributed by atoms with van der Waals surface area (Å²) in [7, 11) is 0. The highest BCUT2D eigenvalue weighted by Crippen LogP contribution is 2.38. The zero-order valence-corrected chi connectivity index (χ0v) is 18.5. The van der Waals surface area contributed by atoms with Gasteiger partial charge in [-0.2, -0.15) is 5.26 Å². The lowest BCUT2D eigenvalue weighted by atomic mass is 9.74. The van der Waals surface area contributed by atoms with Crippen LogP contribution in [0, 0.1) is 11.3 Å². The minimum atomic E-state index is -0.364. The number of Topliss-reactive ketones (excluding diaryl/α,β-unsaturated/α-hetero) is 2. The summed E-state index contributed by atoms with van der Waals surface area (Å²) in [5.74, 6) is 0.0316. The van der Waals surface area contributed by atoms with Gasteiger partial charge in [0, 0.05) is 24.0 Å². The van der Waals surface area contributed by atoms with Gasteiger partial charge in [0.25, 0.3) is 0 Å². The van der Waals surface area contributed by atoms with Crippen LogP contribution in [-0.4, -0.2) is 16.8 Å². The maximum absolute atomic E-state index is 13.3. The van der Waals surface area contributed by atoms with E-state index < -0.39 is 0 Å². The maximum Gasteiger partial charge on any atom is 0.165 e. The van der Waals surface area contributed by atoms with Crippen LogP contribution in [0.2, 0.25) is 0 Å². The highest BCUT2D eigenvalue weighted by Gasteiger charge is 2.30. The van der Waals surface area contributed by atoms with Gasteiger partial charge in [0.2, 0.25) is 0 Å². The first-order valence-electron chi connectivity index (χ1n) is 9.95. The van der Waals surface area contributed by atoms with Gasteiger partial charge in [-0.3, -0.25) is 9.59 Å². The smallest absolute Gasteiger partial charge is 0.165 e. The molecule has 0 aliphatic heterocycles. The SMILES string of the molecule is CC(C)(C)c1cc(OO)cc(C(C)(C)C)c1C(=O)CCC(=O)c1ccc(C#N)cc1. The van der Waals surface area contributed by atoms with E-state index in [4.69, 9.17) is 5.26 Å². The Morgan fingerprint density at radius 2 is 1.37 bits per heavy atom. The molecule has 0 saturated heterocycles. The van der Waals surface area contributed by atoms with E-state index >= 15 is 0 Å². The molecule has 5 nitrogen and oxygen atoms in total. The van der Waals surface area contributed by atoms with Crippen molar-refractivity contribution in [3.8, 4) is 11.8 Å². The molecule has 0 radical (unpaired) electrons. The van der Waals surface area contributed by atoms with Gasteiger partial charge in [-0.25, -0.2) is 5.26 Å². The number of carbonyl (C=O) groups is 2. The topological polar surface area (TPSA) is 87.4 Å². The summed E-state index contributed by atoms with van der Waals surface area (Å²) >= 11 is 0. The minimum absolute atomic E-state index is 0.0737. The van der Waals surface area contributed by atoms with Crippen LogP contribution in [0.25, 0.3) is 0 Å². The first-order valence-corrected chi connectivity index (χ1v) is 9.95. The van der Waals surface area contributed by atoms with Crippen molar-refractivity contribution in [3.05, 3.63) is 64.2 Å². The largest absolute Gasteiger partial charge is 0.340 e. The third kappa shape index (κ3) is 5.34. The summed E-state index contributed by atoms with van der Waals surface area (Å²) in [5.41, 5.74) is 2.37. The average molecular weight is 408 g/mol. The molecule has 0 fully saturated rings. The van der Waals surface area contributed by atoms with Gasteiger partial charge in [-0.05, 0) is 46.2 Å². The van der Waals surface area contributed by atoms with Crippen molar-refractivity contribution < 1.29 is 19.7 Å². The lowest BCUT2D eigenvalue weighted by Gasteiger charge is -2.30. The first-order chi connectivity index (χ1) is 13.9. The van der Waals surface area contributed by atoms with E-state index in [0.29, 0.717) is 16.7 Å². The molecule has 2 aromatic carbocycles. The molecule has 5 heteroatoms. The van der Waals surface area contributed by atoms with Crippen LogP contribution in [0.4, 0.5) is 0 Å². The number of ketones is 2. The van der Waals surface area contributed by atoms with Crippen LogP contribution in [0.1, 0.15) is 91.8 Å². The number of nitriles is 1. The van der Waals surface area contributed by atoms with Gasteiger partial charge in [0.1, 0.15) is 0 Å². The fourth-order valence-corrected chi connectivity index (χ4v) is 3.38. The van der Waals surface area contributed by atoms with Crippen LogP contribution < -0.4 is 4.89 Å². The molecule has 0 heterocycles. The highest BCUT2D eigenvalue weighted by molar-refractivity contribution is 6.04. The maximum atomic E-state index is 13.3. The Kier molecular flexibility index (Phi) is 6.84. The van der Waals surface area contributed by atoms with Crippen LogP contribution >= 0.6 is 0 Å². The Morgan fingerprint density at radius 1 is 0.900 bits per heavy atom. The second-order valence-corrected chi connectivity index (χ2v) is 9.52. The number of carbonyl (C=O) groups excluding carboxylic acids is 2. The lowest BCUT2D eigenvalue weighted by molar-refractivity contribution is -0.137. The summed E-state index contributed by atoms with van der Waals surface area (Å²) in [6.45, 7) is 12.0. The third-order valence-electron chi connectivity index (χ3n) is 5.03. The molecule has 0 amide bonds. The monoisotopic (exact) mass is 407 g/mol. The summed E-state index contributed by atoms with van der Waals surface area (Å²) in [6, 6.07) is 11.8. The Balaban J connectivity index is 2.39. The third-order valence-corrected chi connectivity index (χ3v) is 5.03. The lowest BCUT2D eigenvalue weighted by Crippen LogP contribution is -2.24. The molecule has 0 atom stereocenters. The first kappa shape index (κ1) is 23.3. The molecule has 1 N–H and O–H groups in total. The van der Waals surface area contributed by atoms with Crippen molar-refractivity contribution in [2.75, 3.05) is 0 Å². The summed E-state index contributed by atoms with van der Waals surface area (Å²) in [6.07, 6.45) is 0.153. The normalized spacial score (nSPS) is 11.7. The van der Waals surface area contributed by atoms with Crippen molar-refractivity contribution in [3.63, 3.8) is 0 Å². The van der Waals surface area contributed by atoms with E-state index in [1.165, 1.54) is 0 Å². The van der Waals surface area contributed by atoms with E-state index in [2.05, 4.69) is 4.89 Å². The van der Waals surface area contributed by atoms with E-state index in [1.807, 2.05) is 47.6 Å². The van der Waals surface area contributed by atoms with Gasteiger partial charge in [-0.1, -0.05) is 53.7 Å². The molecule has 2 aromatic rings. The number of nitrogens with zero attached hydrogens (tertiary/aromatic N) is 1.